The lowest BCUT2D eigenvalue weighted by Crippen LogP contribution is -2.03. The van der Waals surface area contributed by atoms with Gasteiger partial charge in [0.1, 0.15) is 11.9 Å². The predicted molar refractivity (Wildman–Crippen MR) is 89.0 cm³/mol. The smallest absolute Gasteiger partial charge is 0.137 e. The maximum absolute atomic E-state index is 10.6. The van der Waals surface area contributed by atoms with Gasteiger partial charge in [-0.2, -0.15) is 0 Å². The summed E-state index contributed by atoms with van der Waals surface area (Å²) in [5, 5.41) is 11.3. The maximum atomic E-state index is 10.6. The fourth-order valence-corrected chi connectivity index (χ4v) is 2.72. The Bertz CT molecular complexity index is 746. The highest BCUT2D eigenvalue weighted by Gasteiger charge is 2.17. The Morgan fingerprint density at radius 1 is 1.05 bits per heavy atom. The molecule has 22 heavy (non-hydrogen) atoms. The van der Waals surface area contributed by atoms with Crippen molar-refractivity contribution >= 4 is 11.6 Å². The number of benzene rings is 2. The van der Waals surface area contributed by atoms with E-state index in [0.717, 1.165) is 28.7 Å². The van der Waals surface area contributed by atoms with Crippen LogP contribution in [-0.4, -0.2) is 5.11 Å². The van der Waals surface area contributed by atoms with Crippen molar-refractivity contribution in [3.63, 3.8) is 0 Å². The van der Waals surface area contributed by atoms with Gasteiger partial charge in [-0.15, -0.1) is 0 Å². The molecule has 1 atom stereocenters. The van der Waals surface area contributed by atoms with E-state index in [4.69, 9.17) is 16.0 Å². The molecular formula is C19H17ClO2. The van der Waals surface area contributed by atoms with E-state index in [1.807, 2.05) is 30.3 Å². The van der Waals surface area contributed by atoms with Gasteiger partial charge in [0, 0.05) is 5.02 Å². The number of aryl methyl sites for hydroxylation is 1. The van der Waals surface area contributed by atoms with Crippen molar-refractivity contribution in [3.05, 3.63) is 82.8 Å². The van der Waals surface area contributed by atoms with E-state index in [-0.39, 0.29) is 0 Å². The van der Waals surface area contributed by atoms with Gasteiger partial charge in [0.05, 0.1) is 6.26 Å². The summed E-state index contributed by atoms with van der Waals surface area (Å²) in [6, 6.07) is 17.4. The molecule has 0 aliphatic heterocycles. The van der Waals surface area contributed by atoms with Crippen LogP contribution in [0.5, 0.6) is 0 Å². The van der Waals surface area contributed by atoms with Crippen LogP contribution in [0.2, 0.25) is 5.02 Å². The van der Waals surface area contributed by atoms with E-state index >= 15 is 0 Å². The Labute approximate surface area is 135 Å². The van der Waals surface area contributed by atoms with Crippen molar-refractivity contribution < 1.29 is 9.52 Å². The zero-order valence-electron chi connectivity index (χ0n) is 12.3. The summed E-state index contributed by atoms with van der Waals surface area (Å²) in [5.74, 6) is 0.558. The maximum Gasteiger partial charge on any atom is 0.137 e. The summed E-state index contributed by atoms with van der Waals surface area (Å²) in [6.45, 7) is 2.08. The van der Waals surface area contributed by atoms with E-state index in [9.17, 15) is 5.11 Å². The van der Waals surface area contributed by atoms with Crippen LogP contribution in [0.3, 0.4) is 0 Å². The molecule has 1 N–H and O–H groups in total. The van der Waals surface area contributed by atoms with Gasteiger partial charge in [0.15, 0.2) is 0 Å². The molecular weight excluding hydrogens is 296 g/mol. The summed E-state index contributed by atoms with van der Waals surface area (Å²) >= 11 is 5.94. The van der Waals surface area contributed by atoms with Crippen LogP contribution >= 0.6 is 11.6 Å². The molecule has 3 aromatic rings. The molecule has 0 radical (unpaired) electrons. The van der Waals surface area contributed by atoms with Gasteiger partial charge >= 0.3 is 0 Å². The first kappa shape index (κ1) is 14.9. The van der Waals surface area contributed by atoms with Gasteiger partial charge in [0.25, 0.3) is 0 Å². The minimum absolute atomic E-state index is 0.558. The van der Waals surface area contributed by atoms with Crippen LogP contribution in [0.1, 0.15) is 29.9 Å². The van der Waals surface area contributed by atoms with Crippen LogP contribution in [0.25, 0.3) is 11.1 Å². The molecule has 0 aliphatic carbocycles. The van der Waals surface area contributed by atoms with Crippen molar-refractivity contribution in [1.82, 2.24) is 0 Å². The summed E-state index contributed by atoms with van der Waals surface area (Å²) in [5.41, 5.74) is 4.11. The average Bonchev–Trinajstić information content (AvgIpc) is 3.09. The number of aliphatic hydroxyl groups excluding tert-OH is 1. The van der Waals surface area contributed by atoms with Gasteiger partial charge in [0.2, 0.25) is 0 Å². The third-order valence-electron chi connectivity index (χ3n) is 3.81. The highest BCUT2D eigenvalue weighted by Crippen LogP contribution is 2.30. The SMILES string of the molecule is CCc1ccc(-c2ccc(Cl)cc2)cc1C(O)c1ccco1. The highest BCUT2D eigenvalue weighted by molar-refractivity contribution is 6.30. The van der Waals surface area contributed by atoms with Crippen molar-refractivity contribution in [2.75, 3.05) is 0 Å². The van der Waals surface area contributed by atoms with Crippen molar-refractivity contribution in [2.24, 2.45) is 0 Å². The molecule has 3 rings (SSSR count). The third kappa shape index (κ3) is 2.94. The third-order valence-corrected chi connectivity index (χ3v) is 4.06. The normalized spacial score (nSPS) is 12.3. The lowest BCUT2D eigenvalue weighted by atomic mass is 9.94. The van der Waals surface area contributed by atoms with Crippen LogP contribution in [0.15, 0.2) is 65.3 Å². The molecule has 2 nitrogen and oxygen atoms in total. The standard InChI is InChI=1S/C19H17ClO2/c1-2-13-5-6-15(14-7-9-16(20)10-8-14)12-17(13)19(21)18-4-3-11-22-18/h3-12,19,21H,2H2,1H3. The lowest BCUT2D eigenvalue weighted by Gasteiger charge is -2.15. The first-order chi connectivity index (χ1) is 10.7. The molecule has 0 saturated carbocycles. The average molecular weight is 313 g/mol. The van der Waals surface area contributed by atoms with Crippen LogP contribution in [-0.2, 0) is 6.42 Å². The minimum Gasteiger partial charge on any atom is -0.466 e. The minimum atomic E-state index is -0.753. The van der Waals surface area contributed by atoms with Crippen LogP contribution in [0.4, 0.5) is 0 Å². The molecule has 1 unspecified atom stereocenters. The fraction of sp³-hybridized carbons (Fsp3) is 0.158. The van der Waals surface area contributed by atoms with E-state index in [1.54, 1.807) is 18.4 Å². The van der Waals surface area contributed by atoms with Crippen molar-refractivity contribution in [1.29, 1.82) is 0 Å². The topological polar surface area (TPSA) is 33.4 Å². The predicted octanol–water partition coefficient (Wildman–Crippen LogP) is 5.24. The molecule has 3 heteroatoms. The molecule has 0 fully saturated rings. The van der Waals surface area contributed by atoms with Gasteiger partial charge in [-0.1, -0.05) is 42.8 Å². The molecule has 0 spiro atoms. The first-order valence-electron chi connectivity index (χ1n) is 7.29. The van der Waals surface area contributed by atoms with E-state index in [0.29, 0.717) is 10.8 Å². The van der Waals surface area contributed by atoms with E-state index in [2.05, 4.69) is 19.1 Å². The largest absolute Gasteiger partial charge is 0.466 e. The van der Waals surface area contributed by atoms with Crippen LogP contribution < -0.4 is 0 Å². The second-order valence-corrected chi connectivity index (χ2v) is 5.63. The Balaban J connectivity index is 2.04. The van der Waals surface area contributed by atoms with Crippen molar-refractivity contribution in [2.45, 2.75) is 19.4 Å². The van der Waals surface area contributed by atoms with E-state index in [1.165, 1.54) is 0 Å². The zero-order chi connectivity index (χ0) is 15.5. The fourth-order valence-electron chi connectivity index (χ4n) is 2.59. The highest BCUT2D eigenvalue weighted by atomic mass is 35.5. The summed E-state index contributed by atoms with van der Waals surface area (Å²) in [7, 11) is 0. The van der Waals surface area contributed by atoms with Gasteiger partial charge in [-0.3, -0.25) is 0 Å². The Morgan fingerprint density at radius 3 is 2.41 bits per heavy atom. The Kier molecular flexibility index (Phi) is 4.32. The number of rotatable bonds is 4. The van der Waals surface area contributed by atoms with Gasteiger partial charge in [-0.05, 0) is 59.0 Å². The second-order valence-electron chi connectivity index (χ2n) is 5.19. The monoisotopic (exact) mass is 312 g/mol. The first-order valence-corrected chi connectivity index (χ1v) is 7.67. The molecule has 1 aromatic heterocycles. The Morgan fingerprint density at radius 2 is 1.77 bits per heavy atom. The number of halogens is 1. The summed E-state index contributed by atoms with van der Waals surface area (Å²) in [6.07, 6.45) is 1.68. The quantitative estimate of drug-likeness (QED) is 0.714. The van der Waals surface area contributed by atoms with Crippen molar-refractivity contribution in [3.8, 4) is 11.1 Å². The van der Waals surface area contributed by atoms with Gasteiger partial charge in [-0.25, -0.2) is 0 Å². The molecule has 2 aromatic carbocycles. The summed E-state index contributed by atoms with van der Waals surface area (Å²) in [4.78, 5) is 0. The molecule has 0 amide bonds. The number of furan rings is 1. The molecule has 0 saturated heterocycles. The van der Waals surface area contributed by atoms with Gasteiger partial charge < -0.3 is 9.52 Å². The Hall–Kier alpha value is -2.03. The molecule has 1 heterocycles. The lowest BCUT2D eigenvalue weighted by molar-refractivity contribution is 0.188. The number of hydrogen-bond donors (Lipinski definition) is 1. The second kappa shape index (κ2) is 6.39. The number of hydrogen-bond acceptors (Lipinski definition) is 2. The van der Waals surface area contributed by atoms with Crippen LogP contribution in [0, 0.1) is 0 Å². The molecule has 112 valence electrons. The summed E-state index contributed by atoms with van der Waals surface area (Å²) < 4.78 is 5.34. The molecule has 0 aliphatic rings. The molecule has 0 bridgehead atoms. The number of aliphatic hydroxyl groups is 1. The van der Waals surface area contributed by atoms with E-state index < -0.39 is 6.10 Å². The zero-order valence-corrected chi connectivity index (χ0v) is 13.0.